The SMILES string of the molecule is C1=CC2Oc3ccc(-c4cccc(-c5c6ccccc6c(-c6cccc(-c7ccc8ccccc8c7)c6)c6ccccc56)c4)cc3C2C=C1c1ccccc1. The molecule has 1 aliphatic heterocycles. The molecule has 258 valence electrons. The molecule has 1 nitrogen and oxygen atoms in total. The van der Waals surface area contributed by atoms with Crippen LogP contribution in [0.1, 0.15) is 17.0 Å². The number of hydrogen-bond donors (Lipinski definition) is 0. The van der Waals surface area contributed by atoms with Crippen LogP contribution in [0.2, 0.25) is 0 Å². The van der Waals surface area contributed by atoms with E-state index in [0.717, 1.165) is 5.75 Å². The number of rotatable bonds is 5. The molecule has 11 rings (SSSR count). The summed E-state index contributed by atoms with van der Waals surface area (Å²) in [7, 11) is 0. The highest BCUT2D eigenvalue weighted by Gasteiger charge is 2.33. The molecule has 1 aliphatic carbocycles. The molecule has 0 saturated carbocycles. The molecule has 0 fully saturated rings. The Hall–Kier alpha value is -6.96. The van der Waals surface area contributed by atoms with Crippen molar-refractivity contribution in [2.24, 2.45) is 0 Å². The molecule has 2 unspecified atom stereocenters. The quantitative estimate of drug-likeness (QED) is 0.162. The molecule has 0 radical (unpaired) electrons. The van der Waals surface area contributed by atoms with Gasteiger partial charge in [-0.15, -0.1) is 0 Å². The Morgan fingerprint density at radius 2 is 0.873 bits per heavy atom. The van der Waals surface area contributed by atoms with Crippen molar-refractivity contribution in [3.63, 3.8) is 0 Å². The first-order valence-electron chi connectivity index (χ1n) is 19.2. The van der Waals surface area contributed by atoms with Gasteiger partial charge in [-0.2, -0.15) is 0 Å². The van der Waals surface area contributed by atoms with Crippen LogP contribution in [0.3, 0.4) is 0 Å². The van der Waals surface area contributed by atoms with E-state index in [1.807, 2.05) is 0 Å². The van der Waals surface area contributed by atoms with E-state index in [2.05, 4.69) is 206 Å². The first-order valence-corrected chi connectivity index (χ1v) is 19.2. The lowest BCUT2D eigenvalue weighted by Crippen LogP contribution is -2.16. The molecule has 2 atom stereocenters. The standard InChI is InChI=1S/C54H36O/c1-2-12-35(13-3-1)41-26-28-51-49(33-41)50-34-42(27-29-52(50)55-51)39-17-11-19-44(32-39)54-47-22-8-6-20-45(47)53(46-21-7-9-23-48(46)54)43-18-10-16-38(31-43)40-25-24-36-14-4-5-15-37(36)30-40/h1-34,49,51H. The van der Waals surface area contributed by atoms with Gasteiger partial charge in [-0.1, -0.05) is 170 Å². The minimum absolute atomic E-state index is 0.0218. The molecule has 55 heavy (non-hydrogen) atoms. The average molecular weight is 701 g/mol. The van der Waals surface area contributed by atoms with E-state index in [0.29, 0.717) is 0 Å². The summed E-state index contributed by atoms with van der Waals surface area (Å²) >= 11 is 0. The summed E-state index contributed by atoms with van der Waals surface area (Å²) in [5, 5.41) is 7.53. The Morgan fingerprint density at radius 1 is 0.364 bits per heavy atom. The molecule has 1 heterocycles. The molecular formula is C54H36O. The second-order valence-electron chi connectivity index (χ2n) is 14.8. The summed E-state index contributed by atoms with van der Waals surface area (Å²) in [6, 6.07) is 68.7. The number of benzene rings is 9. The van der Waals surface area contributed by atoms with Crippen LogP contribution in [0.15, 0.2) is 206 Å². The summed E-state index contributed by atoms with van der Waals surface area (Å²) in [4.78, 5) is 0. The molecule has 9 aromatic carbocycles. The smallest absolute Gasteiger partial charge is 0.128 e. The lowest BCUT2D eigenvalue weighted by atomic mass is 9.84. The lowest BCUT2D eigenvalue weighted by molar-refractivity contribution is 0.269. The molecule has 9 aromatic rings. The topological polar surface area (TPSA) is 9.23 Å². The molecule has 0 amide bonds. The van der Waals surface area contributed by atoms with Crippen LogP contribution in [0.25, 0.3) is 82.4 Å². The Labute approximate surface area is 321 Å². The fraction of sp³-hybridized carbons (Fsp3) is 0.0370. The fourth-order valence-corrected chi connectivity index (χ4v) is 8.93. The van der Waals surface area contributed by atoms with E-state index in [1.165, 1.54) is 93.5 Å². The van der Waals surface area contributed by atoms with Crippen LogP contribution in [0, 0.1) is 0 Å². The van der Waals surface area contributed by atoms with Gasteiger partial charge in [0.1, 0.15) is 11.9 Å². The number of ether oxygens (including phenoxy) is 1. The maximum Gasteiger partial charge on any atom is 0.128 e. The van der Waals surface area contributed by atoms with Gasteiger partial charge in [0.05, 0.1) is 0 Å². The first-order chi connectivity index (χ1) is 27.2. The van der Waals surface area contributed by atoms with Gasteiger partial charge in [0.25, 0.3) is 0 Å². The fourth-order valence-electron chi connectivity index (χ4n) is 8.93. The van der Waals surface area contributed by atoms with Crippen LogP contribution in [0.4, 0.5) is 0 Å². The van der Waals surface area contributed by atoms with E-state index in [9.17, 15) is 0 Å². The summed E-state index contributed by atoms with van der Waals surface area (Å²) in [6.07, 6.45) is 6.82. The molecule has 0 aromatic heterocycles. The van der Waals surface area contributed by atoms with Gasteiger partial charge in [-0.25, -0.2) is 0 Å². The minimum Gasteiger partial charge on any atom is -0.485 e. The minimum atomic E-state index is 0.0218. The summed E-state index contributed by atoms with van der Waals surface area (Å²) in [5.41, 5.74) is 13.5. The van der Waals surface area contributed by atoms with Gasteiger partial charge in [-0.3, -0.25) is 0 Å². The predicted molar refractivity (Wildman–Crippen MR) is 231 cm³/mol. The third kappa shape index (κ3) is 5.39. The normalized spacial score (nSPS) is 15.8. The van der Waals surface area contributed by atoms with Gasteiger partial charge in [0, 0.05) is 11.5 Å². The van der Waals surface area contributed by atoms with E-state index >= 15 is 0 Å². The molecule has 0 N–H and O–H groups in total. The van der Waals surface area contributed by atoms with Gasteiger partial charge in [0.2, 0.25) is 0 Å². The van der Waals surface area contributed by atoms with Crippen molar-refractivity contribution in [3.05, 3.63) is 217 Å². The van der Waals surface area contributed by atoms with Gasteiger partial charge in [0.15, 0.2) is 0 Å². The van der Waals surface area contributed by atoms with Crippen molar-refractivity contribution in [2.75, 3.05) is 0 Å². The van der Waals surface area contributed by atoms with Crippen LogP contribution in [-0.2, 0) is 0 Å². The van der Waals surface area contributed by atoms with Crippen molar-refractivity contribution in [1.29, 1.82) is 0 Å². The number of fused-ring (bicyclic) bond motifs is 6. The molecular weight excluding hydrogens is 665 g/mol. The molecule has 1 heteroatoms. The molecule has 0 bridgehead atoms. The largest absolute Gasteiger partial charge is 0.485 e. The second-order valence-corrected chi connectivity index (χ2v) is 14.8. The number of hydrogen-bond acceptors (Lipinski definition) is 1. The van der Waals surface area contributed by atoms with Gasteiger partial charge in [-0.05, 0) is 124 Å². The number of allylic oxidation sites excluding steroid dienone is 2. The zero-order valence-corrected chi connectivity index (χ0v) is 30.2. The highest BCUT2D eigenvalue weighted by molar-refractivity contribution is 6.21. The summed E-state index contributed by atoms with van der Waals surface area (Å²) < 4.78 is 6.44. The Balaban J connectivity index is 1.02. The second kappa shape index (κ2) is 12.9. The predicted octanol–water partition coefficient (Wildman–Crippen LogP) is 14.3. The molecule has 2 aliphatic rings. The third-order valence-corrected chi connectivity index (χ3v) is 11.6. The average Bonchev–Trinajstić information content (AvgIpc) is 3.63. The van der Waals surface area contributed by atoms with Crippen molar-refractivity contribution in [3.8, 4) is 50.3 Å². The summed E-state index contributed by atoms with van der Waals surface area (Å²) in [6.45, 7) is 0. The molecule has 0 saturated heterocycles. The monoisotopic (exact) mass is 700 g/mol. The first kappa shape index (κ1) is 31.6. The Bertz CT molecular complexity index is 2960. The van der Waals surface area contributed by atoms with Crippen LogP contribution < -0.4 is 4.74 Å². The van der Waals surface area contributed by atoms with Crippen LogP contribution in [0.5, 0.6) is 5.75 Å². The van der Waals surface area contributed by atoms with Gasteiger partial charge >= 0.3 is 0 Å². The van der Waals surface area contributed by atoms with Crippen LogP contribution in [-0.4, -0.2) is 6.10 Å². The van der Waals surface area contributed by atoms with E-state index < -0.39 is 0 Å². The molecule has 0 spiro atoms. The van der Waals surface area contributed by atoms with Crippen molar-refractivity contribution >= 4 is 37.9 Å². The zero-order valence-electron chi connectivity index (χ0n) is 30.2. The highest BCUT2D eigenvalue weighted by Crippen LogP contribution is 2.47. The van der Waals surface area contributed by atoms with E-state index in [1.54, 1.807) is 0 Å². The third-order valence-electron chi connectivity index (χ3n) is 11.6. The lowest BCUT2D eigenvalue weighted by Gasteiger charge is -2.19. The highest BCUT2D eigenvalue weighted by atomic mass is 16.5. The van der Waals surface area contributed by atoms with Crippen LogP contribution >= 0.6 is 0 Å². The maximum absolute atomic E-state index is 6.44. The maximum atomic E-state index is 6.44. The Kier molecular flexibility index (Phi) is 7.38. The van der Waals surface area contributed by atoms with E-state index in [4.69, 9.17) is 4.74 Å². The summed E-state index contributed by atoms with van der Waals surface area (Å²) in [5.74, 6) is 1.15. The van der Waals surface area contributed by atoms with E-state index in [-0.39, 0.29) is 12.0 Å². The van der Waals surface area contributed by atoms with Crippen molar-refractivity contribution in [1.82, 2.24) is 0 Å². The zero-order chi connectivity index (χ0) is 36.3. The van der Waals surface area contributed by atoms with Crippen molar-refractivity contribution in [2.45, 2.75) is 12.0 Å². The van der Waals surface area contributed by atoms with Gasteiger partial charge < -0.3 is 4.74 Å². The Morgan fingerprint density at radius 3 is 1.53 bits per heavy atom. The van der Waals surface area contributed by atoms with Crippen molar-refractivity contribution < 1.29 is 4.74 Å².